The first-order valence-corrected chi connectivity index (χ1v) is 10.1. The molecule has 0 aliphatic carbocycles. The molecule has 1 unspecified atom stereocenters. The quantitative estimate of drug-likeness (QED) is 0.623. The summed E-state index contributed by atoms with van der Waals surface area (Å²) in [7, 11) is 0. The Bertz CT molecular complexity index is 735. The second-order valence-electron chi connectivity index (χ2n) is 6.52. The van der Waals surface area contributed by atoms with E-state index in [0.717, 1.165) is 36.0 Å². The molecule has 2 heterocycles. The summed E-state index contributed by atoms with van der Waals surface area (Å²) in [6.45, 7) is 5.08. The Morgan fingerprint density at radius 3 is 2.79 bits per heavy atom. The lowest BCUT2D eigenvalue weighted by atomic mass is 9.96. The van der Waals surface area contributed by atoms with Gasteiger partial charge < -0.3 is 15.4 Å². The van der Waals surface area contributed by atoms with Crippen molar-refractivity contribution in [3.8, 4) is 5.75 Å². The molecule has 3 rings (SSSR count). The Hall–Kier alpha value is -1.05. The van der Waals surface area contributed by atoms with Crippen molar-refractivity contribution in [2.24, 2.45) is 5.92 Å². The fourth-order valence-corrected chi connectivity index (χ4v) is 4.06. The standard InChI is InChI=1S/C19H24ClN3O2S.2ClH/c1-13-18(19(24)22-10-8-14-3-2-9-21-11-14)26-17(23-13)12-25-16-6-4-15(20)5-7-16;;/h4-7,14,21H,2-3,8-12H2,1H3,(H,22,24);2*1H. The zero-order chi connectivity index (χ0) is 18.4. The largest absolute Gasteiger partial charge is 0.486 e. The minimum absolute atomic E-state index is 0. The predicted octanol–water partition coefficient (Wildman–Crippen LogP) is 4.65. The fourth-order valence-electron chi connectivity index (χ4n) is 3.04. The van der Waals surface area contributed by atoms with Crippen molar-refractivity contribution in [2.45, 2.75) is 32.8 Å². The van der Waals surface area contributed by atoms with Crippen molar-refractivity contribution in [1.29, 1.82) is 0 Å². The zero-order valence-electron chi connectivity index (χ0n) is 15.7. The van der Waals surface area contributed by atoms with E-state index in [2.05, 4.69) is 15.6 Å². The molecule has 1 aliphatic heterocycles. The molecule has 0 bridgehead atoms. The summed E-state index contributed by atoms with van der Waals surface area (Å²) in [4.78, 5) is 17.5. The molecule has 28 heavy (non-hydrogen) atoms. The van der Waals surface area contributed by atoms with Gasteiger partial charge in [0.2, 0.25) is 0 Å². The van der Waals surface area contributed by atoms with Gasteiger partial charge in [0.15, 0.2) is 0 Å². The van der Waals surface area contributed by atoms with Crippen LogP contribution in [-0.4, -0.2) is 30.5 Å². The first-order chi connectivity index (χ1) is 12.6. The summed E-state index contributed by atoms with van der Waals surface area (Å²) in [6.07, 6.45) is 3.49. The molecule has 0 radical (unpaired) electrons. The monoisotopic (exact) mass is 465 g/mol. The second kappa shape index (κ2) is 12.5. The molecule has 1 aliphatic rings. The molecule has 2 aromatic rings. The number of rotatable bonds is 7. The highest BCUT2D eigenvalue weighted by Gasteiger charge is 2.17. The zero-order valence-corrected chi connectivity index (χ0v) is 18.9. The summed E-state index contributed by atoms with van der Waals surface area (Å²) in [5.41, 5.74) is 0.751. The lowest BCUT2D eigenvalue weighted by Crippen LogP contribution is -2.33. The molecule has 9 heteroatoms. The Balaban J connectivity index is 0.00000196. The number of hydrogen-bond acceptors (Lipinski definition) is 5. The van der Waals surface area contributed by atoms with Crippen molar-refractivity contribution in [1.82, 2.24) is 15.6 Å². The van der Waals surface area contributed by atoms with Gasteiger partial charge >= 0.3 is 0 Å². The highest BCUT2D eigenvalue weighted by molar-refractivity contribution is 7.13. The minimum Gasteiger partial charge on any atom is -0.486 e. The van der Waals surface area contributed by atoms with Crippen molar-refractivity contribution >= 4 is 53.7 Å². The van der Waals surface area contributed by atoms with Crippen LogP contribution in [0.4, 0.5) is 0 Å². The number of amides is 1. The van der Waals surface area contributed by atoms with Gasteiger partial charge in [0.05, 0.1) is 5.69 Å². The summed E-state index contributed by atoms with van der Waals surface area (Å²) >= 11 is 7.25. The van der Waals surface area contributed by atoms with Crippen LogP contribution >= 0.6 is 47.8 Å². The number of thiazole rings is 1. The number of nitrogens with one attached hydrogen (secondary N) is 2. The van der Waals surface area contributed by atoms with Crippen molar-refractivity contribution < 1.29 is 9.53 Å². The molecule has 1 fully saturated rings. The van der Waals surface area contributed by atoms with E-state index in [-0.39, 0.29) is 30.7 Å². The first kappa shape index (κ1) is 25.0. The van der Waals surface area contributed by atoms with Gasteiger partial charge in [0.1, 0.15) is 22.2 Å². The van der Waals surface area contributed by atoms with Gasteiger partial charge in [-0.1, -0.05) is 11.6 Å². The molecule has 5 nitrogen and oxygen atoms in total. The number of carbonyl (C=O) groups is 1. The van der Waals surface area contributed by atoms with E-state index >= 15 is 0 Å². The highest BCUT2D eigenvalue weighted by Crippen LogP contribution is 2.21. The molecule has 1 atom stereocenters. The second-order valence-corrected chi connectivity index (χ2v) is 8.04. The fraction of sp³-hybridized carbons (Fsp3) is 0.474. The SMILES string of the molecule is Cc1nc(COc2ccc(Cl)cc2)sc1C(=O)NCCC1CCCNC1.Cl.Cl. The number of benzene rings is 1. The molecular weight excluding hydrogens is 441 g/mol. The summed E-state index contributed by atoms with van der Waals surface area (Å²) in [5, 5.41) is 7.90. The van der Waals surface area contributed by atoms with Crippen LogP contribution in [-0.2, 0) is 6.61 Å². The van der Waals surface area contributed by atoms with Gasteiger partial charge in [-0.3, -0.25) is 4.79 Å². The number of carbonyl (C=O) groups excluding carboxylic acids is 1. The Kier molecular flexibility index (Phi) is 11.2. The van der Waals surface area contributed by atoms with E-state index in [1.165, 1.54) is 24.2 Å². The molecule has 1 aromatic carbocycles. The number of hydrogen-bond donors (Lipinski definition) is 2. The smallest absolute Gasteiger partial charge is 0.263 e. The number of nitrogens with zero attached hydrogens (tertiary/aromatic N) is 1. The average molecular weight is 467 g/mol. The third kappa shape index (κ3) is 7.41. The van der Waals surface area contributed by atoms with Gasteiger partial charge in [0.25, 0.3) is 5.91 Å². The number of halogens is 3. The van der Waals surface area contributed by atoms with Crippen LogP contribution in [0, 0.1) is 12.8 Å². The van der Waals surface area contributed by atoms with Crippen LogP contribution < -0.4 is 15.4 Å². The van der Waals surface area contributed by atoms with E-state index in [1.807, 2.05) is 19.1 Å². The van der Waals surface area contributed by atoms with Crippen LogP contribution in [0.15, 0.2) is 24.3 Å². The molecule has 156 valence electrons. The van der Waals surface area contributed by atoms with Gasteiger partial charge in [-0.2, -0.15) is 0 Å². The highest BCUT2D eigenvalue weighted by atomic mass is 35.5. The van der Waals surface area contributed by atoms with E-state index in [4.69, 9.17) is 16.3 Å². The predicted molar refractivity (Wildman–Crippen MR) is 120 cm³/mol. The van der Waals surface area contributed by atoms with Crippen LogP contribution in [0.1, 0.15) is 39.6 Å². The summed E-state index contributed by atoms with van der Waals surface area (Å²) in [6, 6.07) is 7.20. The topological polar surface area (TPSA) is 63.2 Å². The molecule has 0 saturated carbocycles. The van der Waals surface area contributed by atoms with E-state index in [9.17, 15) is 4.79 Å². The third-order valence-corrected chi connectivity index (χ3v) is 5.84. The van der Waals surface area contributed by atoms with Gasteiger partial charge in [-0.25, -0.2) is 4.98 Å². The Morgan fingerprint density at radius 2 is 2.11 bits per heavy atom. The summed E-state index contributed by atoms with van der Waals surface area (Å²) < 4.78 is 5.71. The third-order valence-electron chi connectivity index (χ3n) is 4.46. The Labute approximate surface area is 187 Å². The molecule has 1 aromatic heterocycles. The van der Waals surface area contributed by atoms with Crippen molar-refractivity contribution in [2.75, 3.05) is 19.6 Å². The van der Waals surface area contributed by atoms with E-state index in [0.29, 0.717) is 29.0 Å². The van der Waals surface area contributed by atoms with Crippen LogP contribution in [0.2, 0.25) is 5.02 Å². The number of ether oxygens (including phenoxy) is 1. The molecule has 0 spiro atoms. The maximum atomic E-state index is 12.4. The van der Waals surface area contributed by atoms with E-state index < -0.39 is 0 Å². The molecule has 2 N–H and O–H groups in total. The van der Waals surface area contributed by atoms with Crippen LogP contribution in [0.25, 0.3) is 0 Å². The lowest BCUT2D eigenvalue weighted by molar-refractivity contribution is 0.0954. The maximum absolute atomic E-state index is 12.4. The normalized spacial score (nSPS) is 15.9. The number of aromatic nitrogens is 1. The number of piperidine rings is 1. The molecule has 1 amide bonds. The molecular formula is C19H26Cl3N3O2S. The minimum atomic E-state index is -0.0403. The van der Waals surface area contributed by atoms with Crippen molar-refractivity contribution in [3.05, 3.63) is 44.9 Å². The van der Waals surface area contributed by atoms with Gasteiger partial charge in [-0.05, 0) is 69.5 Å². The summed E-state index contributed by atoms with van der Waals surface area (Å²) in [5.74, 6) is 1.35. The van der Waals surface area contributed by atoms with Crippen LogP contribution in [0.5, 0.6) is 5.75 Å². The average Bonchev–Trinajstić information content (AvgIpc) is 3.03. The number of aryl methyl sites for hydroxylation is 1. The molecule has 1 saturated heterocycles. The Morgan fingerprint density at radius 1 is 1.36 bits per heavy atom. The van der Waals surface area contributed by atoms with Crippen LogP contribution in [0.3, 0.4) is 0 Å². The van der Waals surface area contributed by atoms with Gasteiger partial charge in [-0.15, -0.1) is 36.2 Å². The first-order valence-electron chi connectivity index (χ1n) is 8.95. The van der Waals surface area contributed by atoms with Gasteiger partial charge in [0, 0.05) is 11.6 Å². The van der Waals surface area contributed by atoms with E-state index in [1.54, 1.807) is 12.1 Å². The lowest BCUT2D eigenvalue weighted by Gasteiger charge is -2.22. The van der Waals surface area contributed by atoms with Crippen molar-refractivity contribution in [3.63, 3.8) is 0 Å². The maximum Gasteiger partial charge on any atom is 0.263 e.